The fourth-order valence-corrected chi connectivity index (χ4v) is 5.43. The summed E-state index contributed by atoms with van der Waals surface area (Å²) in [7, 11) is 0. The summed E-state index contributed by atoms with van der Waals surface area (Å²) in [5.41, 5.74) is 7.25. The molecule has 1 atom stereocenters. The summed E-state index contributed by atoms with van der Waals surface area (Å²) in [5.74, 6) is -1.62. The van der Waals surface area contributed by atoms with Gasteiger partial charge in [0.15, 0.2) is 0 Å². The van der Waals surface area contributed by atoms with Crippen LogP contribution in [-0.4, -0.2) is 21.6 Å². The number of carbonyl (C=O) groups excluding carboxylic acids is 1. The zero-order chi connectivity index (χ0) is 28.6. The standard InChI is InChI=1S/C33H28ClFN2O3/c1-19-21(3)37(18-22-8-10-23(11-9-22)27-6-4-5-7-28(27)33(39)40)31-15-12-24(16-29(19)31)32(38)36-20(2)26-14-13-25(35)17-30(26)34/h4-17,20H,18H2,1-3H3,(H,36,38)(H,39,40)/t20-/m0/s1. The van der Waals surface area contributed by atoms with Crippen LogP contribution >= 0.6 is 11.6 Å². The van der Waals surface area contributed by atoms with Crippen LogP contribution in [0.5, 0.6) is 0 Å². The minimum Gasteiger partial charge on any atom is -0.478 e. The van der Waals surface area contributed by atoms with Gasteiger partial charge in [-0.25, -0.2) is 9.18 Å². The van der Waals surface area contributed by atoms with E-state index in [2.05, 4.69) is 16.8 Å². The van der Waals surface area contributed by atoms with E-state index in [1.807, 2.05) is 62.4 Å². The Kier molecular flexibility index (Phi) is 7.46. The number of benzene rings is 4. The van der Waals surface area contributed by atoms with E-state index in [4.69, 9.17) is 11.6 Å². The monoisotopic (exact) mass is 554 g/mol. The van der Waals surface area contributed by atoms with E-state index in [1.54, 1.807) is 24.3 Å². The third kappa shape index (κ3) is 5.23. The molecule has 0 saturated carbocycles. The Labute approximate surface area is 236 Å². The summed E-state index contributed by atoms with van der Waals surface area (Å²) >= 11 is 6.18. The minimum atomic E-state index is -0.952. The number of amides is 1. The summed E-state index contributed by atoms with van der Waals surface area (Å²) in [5, 5.41) is 13.8. The van der Waals surface area contributed by atoms with Crippen molar-refractivity contribution in [3.63, 3.8) is 0 Å². The van der Waals surface area contributed by atoms with Crippen LogP contribution < -0.4 is 5.32 Å². The number of aryl methyl sites for hydroxylation is 1. The van der Waals surface area contributed by atoms with Gasteiger partial charge in [0.2, 0.25) is 0 Å². The number of hydrogen-bond acceptors (Lipinski definition) is 2. The molecule has 0 aliphatic heterocycles. The molecule has 0 radical (unpaired) electrons. The highest BCUT2D eigenvalue weighted by Crippen LogP contribution is 2.29. The van der Waals surface area contributed by atoms with E-state index >= 15 is 0 Å². The maximum Gasteiger partial charge on any atom is 0.336 e. The molecule has 4 aromatic carbocycles. The van der Waals surface area contributed by atoms with Crippen molar-refractivity contribution in [3.05, 3.63) is 129 Å². The fraction of sp³-hybridized carbons (Fsp3) is 0.152. The molecular weight excluding hydrogens is 527 g/mol. The van der Waals surface area contributed by atoms with Crippen molar-refractivity contribution in [2.24, 2.45) is 0 Å². The highest BCUT2D eigenvalue weighted by atomic mass is 35.5. The Morgan fingerprint density at radius 3 is 2.40 bits per heavy atom. The molecule has 0 bridgehead atoms. The molecule has 202 valence electrons. The summed E-state index contributed by atoms with van der Waals surface area (Å²) < 4.78 is 15.6. The third-order valence-electron chi connectivity index (χ3n) is 7.44. The number of aromatic nitrogens is 1. The van der Waals surface area contributed by atoms with Crippen LogP contribution in [0.25, 0.3) is 22.0 Å². The van der Waals surface area contributed by atoms with Gasteiger partial charge in [-0.3, -0.25) is 4.79 Å². The van der Waals surface area contributed by atoms with Crippen molar-refractivity contribution >= 4 is 34.4 Å². The van der Waals surface area contributed by atoms with Crippen LogP contribution in [0.3, 0.4) is 0 Å². The van der Waals surface area contributed by atoms with Crippen LogP contribution in [0.4, 0.5) is 4.39 Å². The molecule has 7 heteroatoms. The molecule has 1 heterocycles. The molecule has 0 spiro atoms. The van der Waals surface area contributed by atoms with Gasteiger partial charge in [-0.05, 0) is 85.0 Å². The SMILES string of the molecule is Cc1c(C)n(Cc2ccc(-c3ccccc3C(=O)O)cc2)c2ccc(C(=O)N[C@@H](C)c3ccc(F)cc3Cl)cc12. The smallest absolute Gasteiger partial charge is 0.336 e. The average molecular weight is 555 g/mol. The van der Waals surface area contributed by atoms with E-state index in [0.717, 1.165) is 33.3 Å². The van der Waals surface area contributed by atoms with Crippen molar-refractivity contribution < 1.29 is 19.1 Å². The van der Waals surface area contributed by atoms with Gasteiger partial charge in [0.05, 0.1) is 11.6 Å². The summed E-state index contributed by atoms with van der Waals surface area (Å²) in [6, 6.07) is 24.3. The van der Waals surface area contributed by atoms with Crippen LogP contribution in [0.15, 0.2) is 84.9 Å². The normalized spacial score (nSPS) is 11.9. The van der Waals surface area contributed by atoms with Gasteiger partial charge < -0.3 is 15.0 Å². The predicted molar refractivity (Wildman–Crippen MR) is 157 cm³/mol. The Morgan fingerprint density at radius 1 is 0.975 bits per heavy atom. The van der Waals surface area contributed by atoms with Crippen molar-refractivity contribution in [2.45, 2.75) is 33.4 Å². The lowest BCUT2D eigenvalue weighted by Crippen LogP contribution is -2.26. The summed E-state index contributed by atoms with van der Waals surface area (Å²) in [6.07, 6.45) is 0. The highest BCUT2D eigenvalue weighted by Gasteiger charge is 2.18. The minimum absolute atomic E-state index is 0.239. The molecule has 1 amide bonds. The molecule has 5 nitrogen and oxygen atoms in total. The van der Waals surface area contributed by atoms with Crippen molar-refractivity contribution in [1.82, 2.24) is 9.88 Å². The first kappa shape index (κ1) is 27.2. The number of rotatable bonds is 7. The zero-order valence-electron chi connectivity index (χ0n) is 22.3. The Bertz CT molecular complexity index is 1760. The third-order valence-corrected chi connectivity index (χ3v) is 7.77. The van der Waals surface area contributed by atoms with Crippen LogP contribution in [-0.2, 0) is 6.54 Å². The van der Waals surface area contributed by atoms with Gasteiger partial charge in [-0.2, -0.15) is 0 Å². The second kappa shape index (κ2) is 11.0. The lowest BCUT2D eigenvalue weighted by Gasteiger charge is -2.16. The Hall–Kier alpha value is -4.42. The molecule has 1 aromatic heterocycles. The summed E-state index contributed by atoms with van der Waals surface area (Å²) in [6.45, 7) is 6.55. The number of nitrogens with zero attached hydrogens (tertiary/aromatic N) is 1. The van der Waals surface area contributed by atoms with Crippen molar-refractivity contribution in [3.8, 4) is 11.1 Å². The second-order valence-corrected chi connectivity index (χ2v) is 10.3. The van der Waals surface area contributed by atoms with Gasteiger partial charge in [0.25, 0.3) is 5.91 Å². The van der Waals surface area contributed by atoms with Crippen LogP contribution in [0.2, 0.25) is 5.02 Å². The Balaban J connectivity index is 1.38. The first-order valence-electron chi connectivity index (χ1n) is 12.9. The first-order chi connectivity index (χ1) is 19.1. The van der Waals surface area contributed by atoms with E-state index in [0.29, 0.717) is 23.2 Å². The molecule has 0 fully saturated rings. The number of carboxylic acid groups (broad SMARTS) is 1. The van der Waals surface area contributed by atoms with Gasteiger partial charge in [-0.1, -0.05) is 60.1 Å². The molecule has 2 N–H and O–H groups in total. The van der Waals surface area contributed by atoms with E-state index in [9.17, 15) is 19.1 Å². The molecule has 40 heavy (non-hydrogen) atoms. The molecule has 0 unspecified atom stereocenters. The number of fused-ring (bicyclic) bond motifs is 1. The largest absolute Gasteiger partial charge is 0.478 e. The van der Waals surface area contributed by atoms with Crippen molar-refractivity contribution in [2.75, 3.05) is 0 Å². The van der Waals surface area contributed by atoms with Crippen molar-refractivity contribution in [1.29, 1.82) is 0 Å². The molecular formula is C33H28ClFN2O3. The number of halogens is 2. The highest BCUT2D eigenvalue weighted by molar-refractivity contribution is 6.31. The van der Waals surface area contributed by atoms with E-state index in [1.165, 1.54) is 12.1 Å². The topological polar surface area (TPSA) is 71.3 Å². The van der Waals surface area contributed by atoms with E-state index < -0.39 is 17.8 Å². The van der Waals surface area contributed by atoms with E-state index in [-0.39, 0.29) is 16.5 Å². The van der Waals surface area contributed by atoms with Crippen LogP contribution in [0, 0.1) is 19.7 Å². The van der Waals surface area contributed by atoms with Crippen LogP contribution in [0.1, 0.15) is 56.1 Å². The molecule has 0 aliphatic carbocycles. The first-order valence-corrected chi connectivity index (χ1v) is 13.3. The molecule has 0 saturated heterocycles. The number of aromatic carboxylic acids is 1. The molecule has 5 rings (SSSR count). The maximum atomic E-state index is 13.4. The van der Waals surface area contributed by atoms with Gasteiger partial charge >= 0.3 is 5.97 Å². The number of carbonyl (C=O) groups is 2. The fourth-order valence-electron chi connectivity index (χ4n) is 5.10. The lowest BCUT2D eigenvalue weighted by atomic mass is 9.99. The number of nitrogens with one attached hydrogen (secondary N) is 1. The van der Waals surface area contributed by atoms with Gasteiger partial charge in [0.1, 0.15) is 5.82 Å². The zero-order valence-corrected chi connectivity index (χ0v) is 23.1. The maximum absolute atomic E-state index is 13.4. The quantitative estimate of drug-likeness (QED) is 0.214. The average Bonchev–Trinajstić information content (AvgIpc) is 3.17. The number of hydrogen-bond donors (Lipinski definition) is 2. The summed E-state index contributed by atoms with van der Waals surface area (Å²) in [4.78, 5) is 24.7. The van der Waals surface area contributed by atoms with Gasteiger partial charge in [0, 0.05) is 33.7 Å². The predicted octanol–water partition coefficient (Wildman–Crippen LogP) is 7.96. The number of carboxylic acids is 1. The molecule has 0 aliphatic rings. The molecule has 5 aromatic rings. The lowest BCUT2D eigenvalue weighted by molar-refractivity contribution is 0.0697. The van der Waals surface area contributed by atoms with Gasteiger partial charge in [-0.15, -0.1) is 0 Å². The Morgan fingerprint density at radius 2 is 1.70 bits per heavy atom. The second-order valence-electron chi connectivity index (χ2n) is 9.94.